The van der Waals surface area contributed by atoms with Crippen LogP contribution in [0, 0.1) is 6.92 Å². The normalized spacial score (nSPS) is 14.7. The Bertz CT molecular complexity index is 1540. The van der Waals surface area contributed by atoms with Crippen molar-refractivity contribution in [3.05, 3.63) is 98.7 Å². The number of methoxy groups -OCH3 is 1. The van der Waals surface area contributed by atoms with Gasteiger partial charge in [0.25, 0.3) is 11.5 Å². The third-order valence-electron chi connectivity index (χ3n) is 5.74. The molecule has 0 aliphatic carbocycles. The summed E-state index contributed by atoms with van der Waals surface area (Å²) in [4.78, 5) is 33.4. The molecule has 0 radical (unpaired) electrons. The van der Waals surface area contributed by atoms with Crippen molar-refractivity contribution in [2.24, 2.45) is 0 Å². The minimum atomic E-state index is -0.286. The number of anilines is 1. The average molecular weight is 519 g/mol. The SMILES string of the molecule is COc1ccc(CN2C(=O)/C(=C\c3c(NCc4ccco4)nc4c(C)cccn4c3=O)SC2=S)cc1. The van der Waals surface area contributed by atoms with Crippen LogP contribution < -0.4 is 15.6 Å². The van der Waals surface area contributed by atoms with E-state index in [0.29, 0.717) is 39.5 Å². The Balaban J connectivity index is 1.50. The second-order valence-corrected chi connectivity index (χ2v) is 9.79. The molecule has 8 nitrogen and oxygen atoms in total. The first-order valence-corrected chi connectivity index (χ1v) is 12.3. The van der Waals surface area contributed by atoms with Crippen LogP contribution in [0.5, 0.6) is 5.75 Å². The summed E-state index contributed by atoms with van der Waals surface area (Å²) in [5.74, 6) is 1.54. The van der Waals surface area contributed by atoms with Crippen LogP contribution in [0.15, 0.2) is 75.1 Å². The molecule has 1 saturated heterocycles. The molecule has 0 atom stereocenters. The van der Waals surface area contributed by atoms with Crippen molar-refractivity contribution in [2.45, 2.75) is 20.0 Å². The van der Waals surface area contributed by atoms with E-state index in [1.165, 1.54) is 21.1 Å². The molecule has 4 heterocycles. The molecule has 0 unspecified atom stereocenters. The quantitative estimate of drug-likeness (QED) is 0.280. The van der Waals surface area contributed by atoms with Crippen LogP contribution in [-0.2, 0) is 17.9 Å². The maximum Gasteiger partial charge on any atom is 0.267 e. The zero-order chi connectivity index (χ0) is 25.2. The lowest BCUT2D eigenvalue weighted by atomic mass is 10.2. The number of furan rings is 1. The molecule has 10 heteroatoms. The van der Waals surface area contributed by atoms with Crippen LogP contribution in [0.2, 0.25) is 0 Å². The molecule has 3 aromatic heterocycles. The van der Waals surface area contributed by atoms with E-state index in [0.717, 1.165) is 16.9 Å². The second kappa shape index (κ2) is 10.00. The molecule has 1 amide bonds. The zero-order valence-corrected chi connectivity index (χ0v) is 21.2. The lowest BCUT2D eigenvalue weighted by molar-refractivity contribution is -0.122. The van der Waals surface area contributed by atoms with Crippen LogP contribution >= 0.6 is 24.0 Å². The lowest BCUT2D eigenvalue weighted by Gasteiger charge is -2.14. The van der Waals surface area contributed by atoms with Crippen molar-refractivity contribution in [3.8, 4) is 5.75 Å². The number of hydrogen-bond acceptors (Lipinski definition) is 8. The number of thioether (sulfide) groups is 1. The first-order valence-electron chi connectivity index (χ1n) is 11.1. The van der Waals surface area contributed by atoms with Gasteiger partial charge in [0.2, 0.25) is 0 Å². The monoisotopic (exact) mass is 518 g/mol. The van der Waals surface area contributed by atoms with Crippen LogP contribution in [0.4, 0.5) is 5.82 Å². The molecule has 5 rings (SSSR count). The van der Waals surface area contributed by atoms with Crippen molar-refractivity contribution in [1.82, 2.24) is 14.3 Å². The van der Waals surface area contributed by atoms with Crippen molar-refractivity contribution < 1.29 is 13.9 Å². The van der Waals surface area contributed by atoms with Crippen molar-refractivity contribution in [2.75, 3.05) is 12.4 Å². The van der Waals surface area contributed by atoms with Crippen LogP contribution in [0.3, 0.4) is 0 Å². The number of thiocarbonyl (C=S) groups is 1. The van der Waals surface area contributed by atoms with Crippen molar-refractivity contribution in [1.29, 1.82) is 0 Å². The van der Waals surface area contributed by atoms with Gasteiger partial charge >= 0.3 is 0 Å². The molecule has 36 heavy (non-hydrogen) atoms. The molecular weight excluding hydrogens is 496 g/mol. The average Bonchev–Trinajstić information content (AvgIpc) is 3.49. The number of pyridine rings is 1. The largest absolute Gasteiger partial charge is 0.497 e. The molecule has 1 N–H and O–H groups in total. The number of nitrogens with one attached hydrogen (secondary N) is 1. The zero-order valence-electron chi connectivity index (χ0n) is 19.6. The fourth-order valence-electron chi connectivity index (χ4n) is 3.84. The number of benzene rings is 1. The highest BCUT2D eigenvalue weighted by atomic mass is 32.2. The predicted molar refractivity (Wildman–Crippen MR) is 144 cm³/mol. The van der Waals surface area contributed by atoms with Crippen molar-refractivity contribution in [3.63, 3.8) is 0 Å². The van der Waals surface area contributed by atoms with Gasteiger partial charge in [-0.05, 0) is 54.5 Å². The summed E-state index contributed by atoms with van der Waals surface area (Å²) in [7, 11) is 1.60. The van der Waals surface area contributed by atoms with E-state index < -0.39 is 0 Å². The van der Waals surface area contributed by atoms with Gasteiger partial charge in [-0.25, -0.2) is 4.98 Å². The van der Waals surface area contributed by atoms with E-state index in [1.54, 1.807) is 37.8 Å². The maximum atomic E-state index is 13.5. The number of carbonyl (C=O) groups is 1. The fraction of sp³-hybridized carbons (Fsp3) is 0.154. The Hall–Kier alpha value is -3.89. The van der Waals surface area contributed by atoms with Gasteiger partial charge in [-0.15, -0.1) is 0 Å². The highest BCUT2D eigenvalue weighted by Gasteiger charge is 2.32. The summed E-state index contributed by atoms with van der Waals surface area (Å²) in [5.41, 5.74) is 2.29. The molecule has 4 aromatic rings. The Kier molecular flexibility index (Phi) is 6.62. The number of carbonyl (C=O) groups excluding carboxylic acids is 1. The van der Waals surface area contributed by atoms with Gasteiger partial charge in [-0.2, -0.15) is 0 Å². The van der Waals surface area contributed by atoms with Gasteiger partial charge < -0.3 is 14.5 Å². The highest BCUT2D eigenvalue weighted by molar-refractivity contribution is 8.26. The minimum Gasteiger partial charge on any atom is -0.497 e. The number of nitrogens with zero attached hydrogens (tertiary/aromatic N) is 3. The number of aromatic nitrogens is 2. The summed E-state index contributed by atoms with van der Waals surface area (Å²) in [6, 6.07) is 14.8. The summed E-state index contributed by atoms with van der Waals surface area (Å²) < 4.78 is 12.5. The van der Waals surface area contributed by atoms with Gasteiger partial charge in [0, 0.05) is 6.20 Å². The van der Waals surface area contributed by atoms with E-state index in [1.807, 2.05) is 43.3 Å². The number of hydrogen-bond donors (Lipinski definition) is 1. The number of rotatable bonds is 7. The van der Waals surface area contributed by atoms with E-state index in [4.69, 9.17) is 26.4 Å². The highest BCUT2D eigenvalue weighted by Crippen LogP contribution is 2.34. The first-order chi connectivity index (χ1) is 17.4. The summed E-state index contributed by atoms with van der Waals surface area (Å²) in [6.07, 6.45) is 4.82. The standard InChI is InChI=1S/C26H22N4O4S2/c1-16-5-3-11-29-23(16)28-22(27-14-19-6-4-12-34-19)20(24(29)31)13-21-25(32)30(26(35)36-21)15-17-7-9-18(33-2)10-8-17/h3-13,27H,14-15H2,1-2H3/b21-13+. The maximum absolute atomic E-state index is 13.5. The topological polar surface area (TPSA) is 89.1 Å². The molecule has 182 valence electrons. The van der Waals surface area contributed by atoms with Crippen LogP contribution in [0.1, 0.15) is 22.5 Å². The minimum absolute atomic E-state index is 0.258. The molecule has 0 spiro atoms. The third kappa shape index (κ3) is 4.65. The number of ether oxygens (including phenoxy) is 1. The molecule has 0 bridgehead atoms. The lowest BCUT2D eigenvalue weighted by Crippen LogP contribution is -2.27. The van der Waals surface area contributed by atoms with Crippen LogP contribution in [-0.4, -0.2) is 31.6 Å². The van der Waals surface area contributed by atoms with Gasteiger partial charge in [-0.3, -0.25) is 18.9 Å². The number of aryl methyl sites for hydroxylation is 1. The van der Waals surface area contributed by atoms with Gasteiger partial charge in [0.15, 0.2) is 0 Å². The Labute approximate surface area is 216 Å². The Morgan fingerprint density at radius 3 is 2.69 bits per heavy atom. The fourth-order valence-corrected chi connectivity index (χ4v) is 5.08. The van der Waals surface area contributed by atoms with Gasteiger partial charge in [0.05, 0.1) is 36.9 Å². The predicted octanol–water partition coefficient (Wildman–Crippen LogP) is 4.62. The number of fused-ring (bicyclic) bond motifs is 1. The number of amides is 1. The van der Waals surface area contributed by atoms with Crippen molar-refractivity contribution >= 4 is 51.7 Å². The summed E-state index contributed by atoms with van der Waals surface area (Å²) in [5, 5.41) is 3.20. The molecule has 1 aromatic carbocycles. The molecule has 1 aliphatic rings. The Morgan fingerprint density at radius 2 is 1.97 bits per heavy atom. The summed E-state index contributed by atoms with van der Waals surface area (Å²) >= 11 is 6.67. The van der Waals surface area contributed by atoms with E-state index >= 15 is 0 Å². The first kappa shape index (κ1) is 23.8. The third-order valence-corrected chi connectivity index (χ3v) is 7.12. The molecule has 1 fully saturated rings. The second-order valence-electron chi connectivity index (χ2n) is 8.11. The van der Waals surface area contributed by atoms with Gasteiger partial charge in [0.1, 0.15) is 27.3 Å². The van der Waals surface area contributed by atoms with Crippen LogP contribution in [0.25, 0.3) is 11.7 Å². The molecular formula is C26H22N4O4S2. The molecule has 0 saturated carbocycles. The Morgan fingerprint density at radius 1 is 1.17 bits per heavy atom. The van der Waals surface area contributed by atoms with E-state index in [2.05, 4.69) is 5.32 Å². The van der Waals surface area contributed by atoms with E-state index in [9.17, 15) is 9.59 Å². The van der Waals surface area contributed by atoms with Gasteiger partial charge in [-0.1, -0.05) is 42.2 Å². The summed E-state index contributed by atoms with van der Waals surface area (Å²) in [6.45, 7) is 2.55. The smallest absolute Gasteiger partial charge is 0.267 e. The van der Waals surface area contributed by atoms with E-state index in [-0.39, 0.29) is 17.0 Å². The molecule has 1 aliphatic heterocycles.